The van der Waals surface area contributed by atoms with Gasteiger partial charge in [-0.25, -0.2) is 9.97 Å². The Labute approximate surface area is 132 Å². The molecule has 1 aromatic carbocycles. The van der Waals surface area contributed by atoms with Crippen molar-refractivity contribution in [1.82, 2.24) is 9.97 Å². The fraction of sp³-hybridized carbons (Fsp3) is 0.267. The molecule has 2 N–H and O–H groups in total. The van der Waals surface area contributed by atoms with Gasteiger partial charge in [0.25, 0.3) is 5.91 Å². The smallest absolute Gasteiger partial charge is 0.258 e. The predicted molar refractivity (Wildman–Crippen MR) is 87.6 cm³/mol. The van der Waals surface area contributed by atoms with Crippen LogP contribution in [0.2, 0.25) is 0 Å². The number of hydrogen-bond acceptors (Lipinski definition) is 4. The third-order valence-electron chi connectivity index (χ3n) is 2.75. The van der Waals surface area contributed by atoms with Gasteiger partial charge in [0.05, 0.1) is 5.56 Å². The first kappa shape index (κ1) is 15.4. The van der Waals surface area contributed by atoms with Crippen molar-refractivity contribution < 1.29 is 4.79 Å². The van der Waals surface area contributed by atoms with Gasteiger partial charge in [-0.1, -0.05) is 15.9 Å². The van der Waals surface area contributed by atoms with E-state index in [0.29, 0.717) is 11.5 Å². The van der Waals surface area contributed by atoms with Crippen LogP contribution in [0, 0.1) is 6.92 Å². The molecule has 2 rings (SSSR count). The van der Waals surface area contributed by atoms with Crippen LogP contribution in [0.1, 0.15) is 29.8 Å². The zero-order valence-corrected chi connectivity index (χ0v) is 13.7. The topological polar surface area (TPSA) is 66.9 Å². The highest BCUT2D eigenvalue weighted by Gasteiger charge is 2.08. The summed E-state index contributed by atoms with van der Waals surface area (Å²) in [4.78, 5) is 20.4. The molecule has 0 atom stereocenters. The fourth-order valence-electron chi connectivity index (χ4n) is 1.70. The van der Waals surface area contributed by atoms with Crippen molar-refractivity contribution in [3.05, 3.63) is 46.2 Å². The number of carbonyl (C=O) groups excluding carboxylic acids is 1. The molecule has 1 amide bonds. The van der Waals surface area contributed by atoms with Gasteiger partial charge in [-0.3, -0.25) is 4.79 Å². The molecule has 1 heterocycles. The van der Waals surface area contributed by atoms with Crippen LogP contribution in [0.25, 0.3) is 0 Å². The van der Waals surface area contributed by atoms with E-state index in [-0.39, 0.29) is 11.9 Å². The first-order chi connectivity index (χ1) is 9.95. The number of amides is 1. The summed E-state index contributed by atoms with van der Waals surface area (Å²) in [6, 6.07) is 5.88. The summed E-state index contributed by atoms with van der Waals surface area (Å²) >= 11 is 3.43. The Morgan fingerprint density at radius 1 is 1.24 bits per heavy atom. The molecule has 0 unspecified atom stereocenters. The second kappa shape index (κ2) is 6.67. The summed E-state index contributed by atoms with van der Waals surface area (Å²) in [6.07, 6.45) is 3.03. The van der Waals surface area contributed by atoms with Crippen molar-refractivity contribution in [2.45, 2.75) is 26.8 Å². The zero-order valence-electron chi connectivity index (χ0n) is 12.1. The Bertz CT molecular complexity index is 641. The SMILES string of the molecule is Cc1cc(NC(=O)c2cnc(NC(C)C)nc2)ccc1Br. The van der Waals surface area contributed by atoms with Crippen LogP contribution in [0.5, 0.6) is 0 Å². The molecule has 0 fully saturated rings. The number of anilines is 2. The van der Waals surface area contributed by atoms with Gasteiger partial charge in [-0.15, -0.1) is 0 Å². The molecule has 0 saturated heterocycles. The van der Waals surface area contributed by atoms with Crippen molar-refractivity contribution >= 4 is 33.5 Å². The maximum atomic E-state index is 12.1. The summed E-state index contributed by atoms with van der Waals surface area (Å²) in [6.45, 7) is 5.97. The van der Waals surface area contributed by atoms with E-state index in [2.05, 4.69) is 36.5 Å². The minimum absolute atomic E-state index is 0.229. The summed E-state index contributed by atoms with van der Waals surface area (Å²) in [5.74, 6) is 0.286. The van der Waals surface area contributed by atoms with Gasteiger partial charge in [0.15, 0.2) is 0 Å². The average molecular weight is 349 g/mol. The Morgan fingerprint density at radius 3 is 2.48 bits per heavy atom. The first-order valence-electron chi connectivity index (χ1n) is 6.62. The van der Waals surface area contributed by atoms with E-state index in [0.717, 1.165) is 15.7 Å². The molecule has 0 spiro atoms. The highest BCUT2D eigenvalue weighted by atomic mass is 79.9. The molecule has 2 aromatic rings. The molecule has 0 bridgehead atoms. The van der Waals surface area contributed by atoms with E-state index >= 15 is 0 Å². The molecule has 0 saturated carbocycles. The number of aryl methyl sites for hydroxylation is 1. The van der Waals surface area contributed by atoms with Crippen LogP contribution < -0.4 is 10.6 Å². The van der Waals surface area contributed by atoms with E-state index in [1.807, 2.05) is 39.0 Å². The van der Waals surface area contributed by atoms with E-state index in [1.165, 1.54) is 12.4 Å². The quantitative estimate of drug-likeness (QED) is 0.885. The summed E-state index contributed by atoms with van der Waals surface area (Å²) in [5, 5.41) is 5.90. The Kier molecular flexibility index (Phi) is 4.90. The monoisotopic (exact) mass is 348 g/mol. The lowest BCUT2D eigenvalue weighted by Gasteiger charge is -2.09. The van der Waals surface area contributed by atoms with E-state index < -0.39 is 0 Å². The second-order valence-electron chi connectivity index (χ2n) is 5.01. The van der Waals surface area contributed by atoms with Crippen molar-refractivity contribution in [3.63, 3.8) is 0 Å². The number of benzene rings is 1. The largest absolute Gasteiger partial charge is 0.352 e. The van der Waals surface area contributed by atoms with Crippen LogP contribution in [0.15, 0.2) is 35.1 Å². The maximum absolute atomic E-state index is 12.1. The number of nitrogens with one attached hydrogen (secondary N) is 2. The number of hydrogen-bond donors (Lipinski definition) is 2. The van der Waals surface area contributed by atoms with Crippen molar-refractivity contribution in [1.29, 1.82) is 0 Å². The second-order valence-corrected chi connectivity index (χ2v) is 5.87. The number of nitrogens with zero attached hydrogens (tertiary/aromatic N) is 2. The molecule has 6 heteroatoms. The summed E-state index contributed by atoms with van der Waals surface area (Å²) < 4.78 is 1.01. The zero-order chi connectivity index (χ0) is 15.4. The molecule has 110 valence electrons. The summed E-state index contributed by atoms with van der Waals surface area (Å²) in [7, 11) is 0. The van der Waals surface area contributed by atoms with Crippen LogP contribution in [-0.2, 0) is 0 Å². The van der Waals surface area contributed by atoms with Crippen LogP contribution in [-0.4, -0.2) is 21.9 Å². The molecular formula is C15H17BrN4O. The van der Waals surface area contributed by atoms with Crippen LogP contribution >= 0.6 is 15.9 Å². The lowest BCUT2D eigenvalue weighted by Crippen LogP contribution is -2.15. The van der Waals surface area contributed by atoms with Crippen LogP contribution in [0.4, 0.5) is 11.6 Å². The van der Waals surface area contributed by atoms with E-state index in [9.17, 15) is 4.79 Å². The third kappa shape index (κ3) is 4.26. The molecule has 1 aromatic heterocycles. The third-order valence-corrected chi connectivity index (χ3v) is 3.64. The maximum Gasteiger partial charge on any atom is 0.258 e. The normalized spacial score (nSPS) is 10.5. The van der Waals surface area contributed by atoms with Gasteiger partial charge < -0.3 is 10.6 Å². The fourth-order valence-corrected chi connectivity index (χ4v) is 1.95. The molecule has 0 aliphatic carbocycles. The minimum atomic E-state index is -0.229. The van der Waals surface area contributed by atoms with Gasteiger partial charge in [-0.2, -0.15) is 0 Å². The number of halogens is 1. The Hall–Kier alpha value is -1.95. The van der Waals surface area contributed by atoms with Gasteiger partial charge in [0.2, 0.25) is 5.95 Å². The molecular weight excluding hydrogens is 332 g/mol. The molecule has 0 aliphatic heterocycles. The predicted octanol–water partition coefficient (Wildman–Crippen LogP) is 3.62. The lowest BCUT2D eigenvalue weighted by atomic mass is 10.2. The highest BCUT2D eigenvalue weighted by Crippen LogP contribution is 2.20. The van der Waals surface area contributed by atoms with Gasteiger partial charge >= 0.3 is 0 Å². The Balaban J connectivity index is 2.07. The molecule has 0 radical (unpaired) electrons. The Morgan fingerprint density at radius 2 is 1.90 bits per heavy atom. The summed E-state index contributed by atoms with van der Waals surface area (Å²) in [5.41, 5.74) is 2.22. The van der Waals surface area contributed by atoms with E-state index in [4.69, 9.17) is 0 Å². The van der Waals surface area contributed by atoms with Crippen molar-refractivity contribution in [2.75, 3.05) is 10.6 Å². The van der Waals surface area contributed by atoms with E-state index in [1.54, 1.807) is 0 Å². The number of aromatic nitrogens is 2. The van der Waals surface area contributed by atoms with Crippen molar-refractivity contribution in [2.24, 2.45) is 0 Å². The molecule has 21 heavy (non-hydrogen) atoms. The van der Waals surface area contributed by atoms with Gasteiger partial charge in [0, 0.05) is 28.6 Å². The standard InChI is InChI=1S/C15H17BrN4O/c1-9(2)19-15-17-7-11(8-18-15)14(21)20-12-4-5-13(16)10(3)6-12/h4-9H,1-3H3,(H,20,21)(H,17,18,19). The van der Waals surface area contributed by atoms with Crippen LogP contribution in [0.3, 0.4) is 0 Å². The number of rotatable bonds is 4. The molecule has 0 aliphatic rings. The van der Waals surface area contributed by atoms with Crippen molar-refractivity contribution in [3.8, 4) is 0 Å². The first-order valence-corrected chi connectivity index (χ1v) is 7.41. The van der Waals surface area contributed by atoms with Gasteiger partial charge in [0.1, 0.15) is 0 Å². The lowest BCUT2D eigenvalue weighted by molar-refractivity contribution is 0.102. The minimum Gasteiger partial charge on any atom is -0.352 e. The number of carbonyl (C=O) groups is 1. The average Bonchev–Trinajstić information content (AvgIpc) is 2.43. The van der Waals surface area contributed by atoms with Gasteiger partial charge in [-0.05, 0) is 44.5 Å². The molecule has 5 nitrogen and oxygen atoms in total. The highest BCUT2D eigenvalue weighted by molar-refractivity contribution is 9.10.